The number of aryl methyl sites for hydroxylation is 2. The molecular weight excluding hydrogens is 216 g/mol. The zero-order valence-electron chi connectivity index (χ0n) is 10.4. The second-order valence-electron chi connectivity index (χ2n) is 4.21. The van der Waals surface area contributed by atoms with Crippen LogP contribution in [0.1, 0.15) is 34.3 Å². The van der Waals surface area contributed by atoms with Crippen LogP contribution in [-0.4, -0.2) is 24.2 Å². The molecule has 4 heteroatoms. The second kappa shape index (κ2) is 6.25. The van der Waals surface area contributed by atoms with Crippen molar-refractivity contribution in [2.75, 3.05) is 18.9 Å². The Kier molecular flexibility index (Phi) is 4.97. The van der Waals surface area contributed by atoms with Gasteiger partial charge in [0.2, 0.25) is 0 Å². The summed E-state index contributed by atoms with van der Waals surface area (Å²) in [4.78, 5) is 11.9. The van der Waals surface area contributed by atoms with Gasteiger partial charge in [-0.05, 0) is 43.9 Å². The third-order valence-electron chi connectivity index (χ3n) is 2.73. The summed E-state index contributed by atoms with van der Waals surface area (Å²) in [7, 11) is 0. The predicted molar refractivity (Wildman–Crippen MR) is 69.0 cm³/mol. The number of hydrogen-bond donors (Lipinski definition) is 3. The largest absolute Gasteiger partial charge is 0.398 e. The van der Waals surface area contributed by atoms with Crippen molar-refractivity contribution in [2.24, 2.45) is 0 Å². The molecule has 1 rings (SSSR count). The Bertz CT molecular complexity index is 403. The quantitative estimate of drug-likeness (QED) is 0.534. The van der Waals surface area contributed by atoms with E-state index in [0.717, 1.165) is 17.5 Å². The summed E-state index contributed by atoms with van der Waals surface area (Å²) >= 11 is 0. The maximum atomic E-state index is 11.9. The Hall–Kier alpha value is -1.55. The standard InChI is InChI=1S/C13H20N2O2/c1-9-7-10(2)12(14)8-11(9)13(17)15-5-3-4-6-16/h7-8,16H,3-6,14H2,1-2H3,(H,15,17). The number of rotatable bonds is 5. The number of nitrogens with two attached hydrogens (primary N) is 1. The van der Waals surface area contributed by atoms with E-state index in [-0.39, 0.29) is 12.5 Å². The summed E-state index contributed by atoms with van der Waals surface area (Å²) in [5, 5.41) is 11.4. The van der Waals surface area contributed by atoms with E-state index in [1.807, 2.05) is 19.9 Å². The van der Waals surface area contributed by atoms with Gasteiger partial charge in [-0.25, -0.2) is 0 Å². The van der Waals surface area contributed by atoms with Crippen LogP contribution in [0.5, 0.6) is 0 Å². The van der Waals surface area contributed by atoms with Crippen molar-refractivity contribution >= 4 is 11.6 Å². The molecule has 0 aliphatic carbocycles. The zero-order valence-corrected chi connectivity index (χ0v) is 10.4. The van der Waals surface area contributed by atoms with E-state index in [1.54, 1.807) is 6.07 Å². The molecule has 0 heterocycles. The number of aliphatic hydroxyl groups is 1. The first-order chi connectivity index (χ1) is 8.06. The maximum Gasteiger partial charge on any atom is 0.251 e. The van der Waals surface area contributed by atoms with E-state index < -0.39 is 0 Å². The highest BCUT2D eigenvalue weighted by atomic mass is 16.2. The molecule has 0 radical (unpaired) electrons. The number of benzene rings is 1. The van der Waals surface area contributed by atoms with Crippen LogP contribution in [-0.2, 0) is 0 Å². The Labute approximate surface area is 102 Å². The van der Waals surface area contributed by atoms with Gasteiger partial charge in [-0.2, -0.15) is 0 Å². The van der Waals surface area contributed by atoms with Crippen LogP contribution in [0.2, 0.25) is 0 Å². The van der Waals surface area contributed by atoms with Crippen LogP contribution >= 0.6 is 0 Å². The first-order valence-corrected chi connectivity index (χ1v) is 5.82. The lowest BCUT2D eigenvalue weighted by molar-refractivity contribution is 0.0951. The molecule has 0 aliphatic rings. The molecule has 94 valence electrons. The van der Waals surface area contributed by atoms with Crippen LogP contribution in [0.15, 0.2) is 12.1 Å². The summed E-state index contributed by atoms with van der Waals surface area (Å²) < 4.78 is 0. The van der Waals surface area contributed by atoms with E-state index in [1.165, 1.54) is 0 Å². The van der Waals surface area contributed by atoms with E-state index in [9.17, 15) is 4.79 Å². The van der Waals surface area contributed by atoms with E-state index in [4.69, 9.17) is 10.8 Å². The number of unbranched alkanes of at least 4 members (excludes halogenated alkanes) is 1. The van der Waals surface area contributed by atoms with Gasteiger partial charge < -0.3 is 16.2 Å². The average Bonchev–Trinajstić information content (AvgIpc) is 2.29. The van der Waals surface area contributed by atoms with Gasteiger partial charge in [0.25, 0.3) is 5.91 Å². The van der Waals surface area contributed by atoms with Crippen molar-refractivity contribution in [1.29, 1.82) is 0 Å². The van der Waals surface area contributed by atoms with Crippen molar-refractivity contribution in [3.8, 4) is 0 Å². The summed E-state index contributed by atoms with van der Waals surface area (Å²) in [6, 6.07) is 3.63. The monoisotopic (exact) mass is 236 g/mol. The molecule has 0 aromatic heterocycles. The summed E-state index contributed by atoms with van der Waals surface area (Å²) in [5.74, 6) is -0.105. The minimum Gasteiger partial charge on any atom is -0.398 e. The van der Waals surface area contributed by atoms with Gasteiger partial charge in [-0.15, -0.1) is 0 Å². The molecule has 0 aliphatic heterocycles. The molecule has 0 saturated heterocycles. The predicted octanol–water partition coefficient (Wildman–Crippen LogP) is 1.39. The summed E-state index contributed by atoms with van der Waals surface area (Å²) in [6.07, 6.45) is 1.48. The summed E-state index contributed by atoms with van der Waals surface area (Å²) in [5.41, 5.74) is 8.96. The van der Waals surface area contributed by atoms with Gasteiger partial charge >= 0.3 is 0 Å². The fourth-order valence-electron chi connectivity index (χ4n) is 1.65. The molecule has 0 bridgehead atoms. The Morgan fingerprint density at radius 1 is 1.29 bits per heavy atom. The summed E-state index contributed by atoms with van der Waals surface area (Å²) in [6.45, 7) is 4.55. The molecule has 0 fully saturated rings. The van der Waals surface area contributed by atoms with Gasteiger partial charge in [0.05, 0.1) is 0 Å². The molecule has 0 spiro atoms. The zero-order chi connectivity index (χ0) is 12.8. The maximum absolute atomic E-state index is 11.9. The molecular formula is C13H20N2O2. The lowest BCUT2D eigenvalue weighted by Crippen LogP contribution is -2.25. The van der Waals surface area contributed by atoms with Crippen molar-refractivity contribution < 1.29 is 9.90 Å². The van der Waals surface area contributed by atoms with Crippen LogP contribution < -0.4 is 11.1 Å². The molecule has 0 saturated carbocycles. The number of aliphatic hydroxyl groups excluding tert-OH is 1. The number of anilines is 1. The number of carbonyl (C=O) groups excluding carboxylic acids is 1. The minimum absolute atomic E-state index is 0.105. The third-order valence-corrected chi connectivity index (χ3v) is 2.73. The molecule has 4 nitrogen and oxygen atoms in total. The van der Waals surface area contributed by atoms with Crippen LogP contribution in [0.3, 0.4) is 0 Å². The van der Waals surface area contributed by atoms with E-state index in [0.29, 0.717) is 24.2 Å². The highest BCUT2D eigenvalue weighted by Gasteiger charge is 2.10. The Morgan fingerprint density at radius 3 is 2.65 bits per heavy atom. The molecule has 1 amide bonds. The van der Waals surface area contributed by atoms with Gasteiger partial charge in [0, 0.05) is 24.4 Å². The van der Waals surface area contributed by atoms with Crippen molar-refractivity contribution in [1.82, 2.24) is 5.32 Å². The Balaban J connectivity index is 2.66. The SMILES string of the molecule is Cc1cc(C)c(C(=O)NCCCCO)cc1N. The van der Waals surface area contributed by atoms with Crippen LogP contribution in [0.25, 0.3) is 0 Å². The first-order valence-electron chi connectivity index (χ1n) is 5.82. The highest BCUT2D eigenvalue weighted by molar-refractivity contribution is 5.96. The molecule has 4 N–H and O–H groups in total. The van der Waals surface area contributed by atoms with Crippen molar-refractivity contribution in [2.45, 2.75) is 26.7 Å². The topological polar surface area (TPSA) is 75.3 Å². The molecule has 17 heavy (non-hydrogen) atoms. The van der Waals surface area contributed by atoms with E-state index in [2.05, 4.69) is 5.32 Å². The molecule has 0 atom stereocenters. The van der Waals surface area contributed by atoms with Crippen LogP contribution in [0, 0.1) is 13.8 Å². The Morgan fingerprint density at radius 2 is 2.00 bits per heavy atom. The fourth-order valence-corrected chi connectivity index (χ4v) is 1.65. The lowest BCUT2D eigenvalue weighted by Gasteiger charge is -2.10. The van der Waals surface area contributed by atoms with Crippen LogP contribution in [0.4, 0.5) is 5.69 Å². The van der Waals surface area contributed by atoms with Gasteiger partial charge in [-0.3, -0.25) is 4.79 Å². The average molecular weight is 236 g/mol. The minimum atomic E-state index is -0.105. The van der Waals surface area contributed by atoms with E-state index >= 15 is 0 Å². The second-order valence-corrected chi connectivity index (χ2v) is 4.21. The van der Waals surface area contributed by atoms with Gasteiger partial charge in [0.1, 0.15) is 0 Å². The number of amides is 1. The van der Waals surface area contributed by atoms with Crippen molar-refractivity contribution in [3.05, 3.63) is 28.8 Å². The normalized spacial score (nSPS) is 10.3. The third kappa shape index (κ3) is 3.75. The van der Waals surface area contributed by atoms with Crippen molar-refractivity contribution in [3.63, 3.8) is 0 Å². The fraction of sp³-hybridized carbons (Fsp3) is 0.462. The lowest BCUT2D eigenvalue weighted by atomic mass is 10.0. The highest BCUT2D eigenvalue weighted by Crippen LogP contribution is 2.17. The number of hydrogen-bond acceptors (Lipinski definition) is 3. The number of carbonyl (C=O) groups is 1. The molecule has 1 aromatic carbocycles. The number of nitrogen functional groups attached to an aromatic ring is 1. The number of nitrogens with one attached hydrogen (secondary N) is 1. The molecule has 0 unspecified atom stereocenters. The smallest absolute Gasteiger partial charge is 0.251 e. The van der Waals surface area contributed by atoms with Gasteiger partial charge in [-0.1, -0.05) is 6.07 Å². The van der Waals surface area contributed by atoms with Gasteiger partial charge in [0.15, 0.2) is 0 Å². The molecule has 1 aromatic rings. The first kappa shape index (κ1) is 13.5.